The number of carbonyl (C=O) groups is 2. The van der Waals surface area contributed by atoms with Gasteiger partial charge in [0.1, 0.15) is 13.7 Å². The molecule has 7 heteroatoms. The molecule has 0 saturated carbocycles. The largest absolute Gasteiger partial charge is 0.493 e. The molecule has 0 unspecified atom stereocenters. The molecule has 2 amide bonds. The Morgan fingerprint density at radius 2 is 1.41 bits per heavy atom. The van der Waals surface area contributed by atoms with E-state index in [2.05, 4.69) is 6.92 Å². The molecule has 2 aromatic carbocycles. The van der Waals surface area contributed by atoms with E-state index in [1.54, 1.807) is 31.4 Å². The normalized spacial score (nSPS) is 10.8. The maximum Gasteiger partial charge on any atom is 0.417 e. The van der Waals surface area contributed by atoms with Crippen LogP contribution >= 0.6 is 0 Å². The highest BCUT2D eigenvalue weighted by Gasteiger charge is 2.25. The number of ether oxygens (including phenoxy) is 3. The number of unbranched alkanes of at least 4 members (excludes halogenated alkanes) is 11. The summed E-state index contributed by atoms with van der Waals surface area (Å²) in [5, 5.41) is 0. The Bertz CT molecular complexity index is 1260. The van der Waals surface area contributed by atoms with Crippen LogP contribution in [0.3, 0.4) is 0 Å². The molecular formula is C37H51N2O5+. The molecule has 44 heavy (non-hydrogen) atoms. The number of carbonyl (C=O) groups excluding carboxylic acids is 2. The maximum atomic E-state index is 13.3. The van der Waals surface area contributed by atoms with Gasteiger partial charge in [0.05, 0.1) is 20.3 Å². The highest BCUT2D eigenvalue weighted by molar-refractivity contribution is 6.02. The molecule has 3 rings (SSSR count). The lowest BCUT2D eigenvalue weighted by Gasteiger charge is -2.20. The van der Waals surface area contributed by atoms with E-state index in [-0.39, 0.29) is 13.2 Å². The van der Waals surface area contributed by atoms with E-state index in [0.717, 1.165) is 28.9 Å². The molecule has 0 spiro atoms. The number of imide groups is 1. The van der Waals surface area contributed by atoms with Crippen LogP contribution in [0.4, 0.5) is 4.79 Å². The number of hydrogen-bond acceptors (Lipinski definition) is 5. The lowest BCUT2D eigenvalue weighted by molar-refractivity contribution is -0.672. The first-order valence-electron chi connectivity index (χ1n) is 16.3. The van der Waals surface area contributed by atoms with Gasteiger partial charge in [-0.2, -0.15) is 0 Å². The third-order valence-electron chi connectivity index (χ3n) is 7.67. The Kier molecular flexibility index (Phi) is 15.9. The predicted octanol–water partition coefficient (Wildman–Crippen LogP) is 8.58. The fourth-order valence-corrected chi connectivity index (χ4v) is 5.15. The Morgan fingerprint density at radius 3 is 2.05 bits per heavy atom. The lowest BCUT2D eigenvalue weighted by Crippen LogP contribution is -2.37. The van der Waals surface area contributed by atoms with Gasteiger partial charge in [-0.1, -0.05) is 102 Å². The number of amides is 2. The molecular weight excluding hydrogens is 552 g/mol. The molecule has 0 bridgehead atoms. The van der Waals surface area contributed by atoms with Crippen molar-refractivity contribution in [2.75, 3.05) is 13.7 Å². The SMILES string of the molecule is CCCCCCCCCCCCCCOc1ccc(COC(=O)N(Cc2ccc[n+](C)c2)C(=O)c2ccccc2)cc1OC. The summed E-state index contributed by atoms with van der Waals surface area (Å²) in [6.45, 7) is 2.99. The minimum absolute atomic E-state index is 0.00461. The molecule has 0 atom stereocenters. The summed E-state index contributed by atoms with van der Waals surface area (Å²) in [6, 6.07) is 18.0. The van der Waals surface area contributed by atoms with Crippen LogP contribution in [0.1, 0.15) is 105 Å². The van der Waals surface area contributed by atoms with Gasteiger partial charge in [-0.05, 0) is 42.3 Å². The quantitative estimate of drug-likeness (QED) is 0.0956. The van der Waals surface area contributed by atoms with Gasteiger partial charge < -0.3 is 14.2 Å². The number of nitrogens with zero attached hydrogens (tertiary/aromatic N) is 2. The molecule has 7 nitrogen and oxygen atoms in total. The van der Waals surface area contributed by atoms with E-state index in [4.69, 9.17) is 14.2 Å². The van der Waals surface area contributed by atoms with Gasteiger partial charge in [0.25, 0.3) is 5.91 Å². The second-order valence-electron chi connectivity index (χ2n) is 11.4. The Labute approximate surface area is 264 Å². The van der Waals surface area contributed by atoms with Crippen LogP contribution in [0.5, 0.6) is 11.5 Å². The molecule has 0 saturated heterocycles. The van der Waals surface area contributed by atoms with Crippen molar-refractivity contribution in [3.63, 3.8) is 0 Å². The van der Waals surface area contributed by atoms with Gasteiger partial charge in [0.2, 0.25) is 0 Å². The summed E-state index contributed by atoms with van der Waals surface area (Å²) >= 11 is 0. The Hall–Kier alpha value is -3.87. The summed E-state index contributed by atoms with van der Waals surface area (Å²) < 4.78 is 19.1. The van der Waals surface area contributed by atoms with Crippen molar-refractivity contribution in [2.45, 2.75) is 97.1 Å². The highest BCUT2D eigenvalue weighted by atomic mass is 16.6. The van der Waals surface area contributed by atoms with Crippen LogP contribution in [0, 0.1) is 0 Å². The van der Waals surface area contributed by atoms with Gasteiger partial charge in [-0.25, -0.2) is 14.3 Å². The van der Waals surface area contributed by atoms with Crippen LogP contribution in [-0.4, -0.2) is 30.6 Å². The zero-order valence-corrected chi connectivity index (χ0v) is 27.0. The monoisotopic (exact) mass is 603 g/mol. The molecule has 0 N–H and O–H groups in total. The molecule has 1 heterocycles. The van der Waals surface area contributed by atoms with E-state index >= 15 is 0 Å². The summed E-state index contributed by atoms with van der Waals surface area (Å²) in [6.07, 6.45) is 18.7. The van der Waals surface area contributed by atoms with Crippen LogP contribution in [0.15, 0.2) is 73.1 Å². The molecule has 1 aromatic heterocycles. The van der Waals surface area contributed by atoms with Crippen molar-refractivity contribution in [1.29, 1.82) is 0 Å². The van der Waals surface area contributed by atoms with Crippen molar-refractivity contribution in [3.05, 3.63) is 89.7 Å². The van der Waals surface area contributed by atoms with Gasteiger partial charge in [-0.3, -0.25) is 4.79 Å². The second-order valence-corrected chi connectivity index (χ2v) is 11.4. The van der Waals surface area contributed by atoms with Crippen LogP contribution in [0.2, 0.25) is 0 Å². The van der Waals surface area contributed by atoms with Gasteiger partial charge in [0.15, 0.2) is 23.9 Å². The second kappa shape index (κ2) is 20.2. The molecule has 0 fully saturated rings. The predicted molar refractivity (Wildman–Crippen MR) is 174 cm³/mol. The number of aromatic nitrogens is 1. The zero-order valence-electron chi connectivity index (χ0n) is 27.0. The number of pyridine rings is 1. The number of aryl methyl sites for hydroxylation is 1. The van der Waals surface area contributed by atoms with Crippen molar-refractivity contribution in [3.8, 4) is 11.5 Å². The minimum Gasteiger partial charge on any atom is -0.493 e. The van der Waals surface area contributed by atoms with E-state index in [9.17, 15) is 9.59 Å². The van der Waals surface area contributed by atoms with Crippen molar-refractivity contribution >= 4 is 12.0 Å². The number of benzene rings is 2. The molecule has 0 aliphatic heterocycles. The van der Waals surface area contributed by atoms with Gasteiger partial charge >= 0.3 is 6.09 Å². The third kappa shape index (κ3) is 12.4. The topological polar surface area (TPSA) is 69.0 Å². The van der Waals surface area contributed by atoms with E-state index in [1.807, 2.05) is 60.4 Å². The summed E-state index contributed by atoms with van der Waals surface area (Å²) in [7, 11) is 3.49. The maximum absolute atomic E-state index is 13.3. The first kappa shape index (κ1) is 34.6. The number of rotatable bonds is 20. The van der Waals surface area contributed by atoms with E-state index in [0.29, 0.717) is 23.7 Å². The van der Waals surface area contributed by atoms with E-state index in [1.165, 1.54) is 64.2 Å². The van der Waals surface area contributed by atoms with Crippen molar-refractivity contribution in [2.24, 2.45) is 7.05 Å². The molecule has 0 radical (unpaired) electrons. The average Bonchev–Trinajstić information content (AvgIpc) is 3.05. The smallest absolute Gasteiger partial charge is 0.417 e. The van der Waals surface area contributed by atoms with Crippen LogP contribution in [0.25, 0.3) is 0 Å². The molecule has 0 aliphatic rings. The van der Waals surface area contributed by atoms with Crippen molar-refractivity contribution < 1.29 is 28.4 Å². The third-order valence-corrected chi connectivity index (χ3v) is 7.67. The Balaban J connectivity index is 1.45. The van der Waals surface area contributed by atoms with Crippen LogP contribution < -0.4 is 14.0 Å². The van der Waals surface area contributed by atoms with Gasteiger partial charge in [0, 0.05) is 17.2 Å². The summed E-state index contributed by atoms with van der Waals surface area (Å²) in [4.78, 5) is 27.6. The molecule has 3 aromatic rings. The fourth-order valence-electron chi connectivity index (χ4n) is 5.15. The Morgan fingerprint density at radius 1 is 0.750 bits per heavy atom. The zero-order chi connectivity index (χ0) is 31.4. The highest BCUT2D eigenvalue weighted by Crippen LogP contribution is 2.29. The van der Waals surface area contributed by atoms with Crippen molar-refractivity contribution in [1.82, 2.24) is 4.90 Å². The molecule has 0 aliphatic carbocycles. The fraction of sp³-hybridized carbons (Fsp3) is 0.486. The van der Waals surface area contributed by atoms with Crippen LogP contribution in [-0.2, 0) is 24.9 Å². The lowest BCUT2D eigenvalue weighted by atomic mass is 10.1. The average molecular weight is 604 g/mol. The van der Waals surface area contributed by atoms with Gasteiger partial charge in [-0.15, -0.1) is 0 Å². The van der Waals surface area contributed by atoms with E-state index < -0.39 is 12.0 Å². The summed E-state index contributed by atoms with van der Waals surface area (Å²) in [5.41, 5.74) is 1.97. The summed E-state index contributed by atoms with van der Waals surface area (Å²) in [5.74, 6) is 0.844. The molecule has 238 valence electrons. The standard InChI is InChI=1S/C37H51N2O5/c1-4-5-6-7-8-9-10-11-12-13-14-18-26-43-34-24-23-31(27-35(34)42-3)30-44-37(41)39(29-32-20-19-25-38(2)28-32)36(40)33-21-16-15-17-22-33/h15-17,19-25,27-28H,4-14,18,26,29-30H2,1-3H3/q+1. The minimum atomic E-state index is -0.711. The number of methoxy groups -OCH3 is 1. The number of hydrogen-bond donors (Lipinski definition) is 0. The first-order chi connectivity index (χ1) is 21.5. The first-order valence-corrected chi connectivity index (χ1v) is 16.3.